The molecular weight excluding hydrogens is 254 g/mol. The van der Waals surface area contributed by atoms with Gasteiger partial charge in [0.15, 0.2) is 17.1 Å². The molecule has 0 aliphatic heterocycles. The third-order valence-corrected chi connectivity index (χ3v) is 3.13. The largest absolute Gasteiger partial charge is 0.378 e. The minimum Gasteiger partial charge on any atom is -0.378 e. The molecule has 0 unspecified atom stereocenters. The Hall–Kier alpha value is -2.96. The second kappa shape index (κ2) is 4.30. The van der Waals surface area contributed by atoms with Gasteiger partial charge in [0.2, 0.25) is 0 Å². The molecule has 0 aliphatic rings. The van der Waals surface area contributed by atoms with Crippen molar-refractivity contribution in [2.24, 2.45) is 0 Å². The number of nitrogens with zero attached hydrogens (tertiary/aromatic N) is 5. The molecule has 0 spiro atoms. The average Bonchev–Trinajstić information content (AvgIpc) is 3.12. The van der Waals surface area contributed by atoms with Crippen LogP contribution in [0.2, 0.25) is 0 Å². The molecule has 0 fully saturated rings. The molecule has 0 atom stereocenters. The zero-order chi connectivity index (χ0) is 13.4. The van der Waals surface area contributed by atoms with Gasteiger partial charge in [-0.25, -0.2) is 9.97 Å². The molecule has 1 aromatic carbocycles. The highest BCUT2D eigenvalue weighted by atomic mass is 15.3. The summed E-state index contributed by atoms with van der Waals surface area (Å²) >= 11 is 0. The van der Waals surface area contributed by atoms with Crippen LogP contribution in [-0.4, -0.2) is 29.5 Å². The number of H-pyrrole nitrogens is 1. The van der Waals surface area contributed by atoms with E-state index < -0.39 is 0 Å². The number of nitrogens with one attached hydrogen (secondary N) is 2. The van der Waals surface area contributed by atoms with Crippen molar-refractivity contribution in [3.05, 3.63) is 48.8 Å². The van der Waals surface area contributed by atoms with Crippen molar-refractivity contribution in [3.8, 4) is 0 Å². The molecule has 3 heterocycles. The minimum atomic E-state index is 0.576. The summed E-state index contributed by atoms with van der Waals surface area (Å²) in [5.41, 5.74) is 3.22. The first-order valence-electron chi connectivity index (χ1n) is 6.22. The zero-order valence-corrected chi connectivity index (χ0v) is 10.5. The SMILES string of the molecule is c1ccc(NCc2nnc3c4[nH]cnc4ncn23)cc1. The first kappa shape index (κ1) is 10.9. The maximum absolute atomic E-state index is 4.27. The summed E-state index contributed by atoms with van der Waals surface area (Å²) in [6, 6.07) is 9.97. The smallest absolute Gasteiger partial charge is 0.189 e. The zero-order valence-electron chi connectivity index (χ0n) is 10.5. The Balaban J connectivity index is 1.70. The molecule has 0 radical (unpaired) electrons. The van der Waals surface area contributed by atoms with Crippen molar-refractivity contribution in [2.75, 3.05) is 5.32 Å². The number of aromatic nitrogens is 6. The van der Waals surface area contributed by atoms with Crippen LogP contribution in [0.15, 0.2) is 43.0 Å². The molecule has 7 heteroatoms. The van der Waals surface area contributed by atoms with E-state index in [1.807, 2.05) is 34.7 Å². The summed E-state index contributed by atoms with van der Waals surface area (Å²) < 4.78 is 1.86. The van der Waals surface area contributed by atoms with E-state index in [0.717, 1.165) is 22.7 Å². The molecule has 0 saturated carbocycles. The lowest BCUT2D eigenvalue weighted by Crippen LogP contribution is -2.04. The van der Waals surface area contributed by atoms with Gasteiger partial charge in [0.1, 0.15) is 11.8 Å². The second-order valence-electron chi connectivity index (χ2n) is 4.38. The number of imidazole rings is 1. The van der Waals surface area contributed by atoms with Crippen LogP contribution in [0.5, 0.6) is 0 Å². The summed E-state index contributed by atoms with van der Waals surface area (Å²) in [6.45, 7) is 0.576. The molecule has 0 aliphatic carbocycles. The number of rotatable bonds is 3. The van der Waals surface area contributed by atoms with Gasteiger partial charge in [-0.3, -0.25) is 4.40 Å². The fourth-order valence-corrected chi connectivity index (χ4v) is 2.14. The van der Waals surface area contributed by atoms with E-state index in [2.05, 4.69) is 30.5 Å². The third-order valence-electron chi connectivity index (χ3n) is 3.13. The van der Waals surface area contributed by atoms with Crippen molar-refractivity contribution >= 4 is 22.5 Å². The molecule has 0 amide bonds. The van der Waals surface area contributed by atoms with E-state index in [0.29, 0.717) is 12.2 Å². The number of benzene rings is 1. The van der Waals surface area contributed by atoms with Gasteiger partial charge in [-0.15, -0.1) is 10.2 Å². The van der Waals surface area contributed by atoms with Crippen molar-refractivity contribution in [1.82, 2.24) is 29.5 Å². The molecule has 4 rings (SSSR count). The van der Waals surface area contributed by atoms with Gasteiger partial charge in [0, 0.05) is 5.69 Å². The van der Waals surface area contributed by atoms with Crippen LogP contribution in [0.3, 0.4) is 0 Å². The highest BCUT2D eigenvalue weighted by molar-refractivity contribution is 5.84. The second-order valence-corrected chi connectivity index (χ2v) is 4.38. The summed E-state index contributed by atoms with van der Waals surface area (Å²) in [5, 5.41) is 11.7. The van der Waals surface area contributed by atoms with E-state index in [-0.39, 0.29) is 0 Å². The highest BCUT2D eigenvalue weighted by Gasteiger charge is 2.10. The Morgan fingerprint density at radius 1 is 1.10 bits per heavy atom. The predicted octanol–water partition coefficient (Wildman–Crippen LogP) is 1.61. The predicted molar refractivity (Wildman–Crippen MR) is 74.2 cm³/mol. The van der Waals surface area contributed by atoms with E-state index in [1.165, 1.54) is 0 Å². The van der Waals surface area contributed by atoms with Crippen molar-refractivity contribution in [3.63, 3.8) is 0 Å². The van der Waals surface area contributed by atoms with E-state index in [1.54, 1.807) is 12.7 Å². The Kier molecular flexibility index (Phi) is 2.35. The Labute approximate surface area is 113 Å². The number of para-hydroxylation sites is 1. The number of fused-ring (bicyclic) bond motifs is 3. The standard InChI is InChI=1S/C13H11N7/c1-2-4-9(5-3-1)14-6-10-18-19-13-11-12(16-7-15-11)17-8-20(10)13/h1-5,7-8,14H,6H2,(H,15,16). The van der Waals surface area contributed by atoms with Crippen LogP contribution in [-0.2, 0) is 6.54 Å². The highest BCUT2D eigenvalue weighted by Crippen LogP contribution is 2.14. The fourth-order valence-electron chi connectivity index (χ4n) is 2.14. The van der Waals surface area contributed by atoms with Crippen LogP contribution < -0.4 is 5.32 Å². The van der Waals surface area contributed by atoms with Gasteiger partial charge in [0.05, 0.1) is 12.9 Å². The molecule has 0 saturated heterocycles. The van der Waals surface area contributed by atoms with E-state index in [4.69, 9.17) is 0 Å². The quantitative estimate of drug-likeness (QED) is 0.588. The molecular formula is C13H11N7. The van der Waals surface area contributed by atoms with Gasteiger partial charge >= 0.3 is 0 Å². The topological polar surface area (TPSA) is 83.8 Å². The molecule has 4 aromatic rings. The van der Waals surface area contributed by atoms with E-state index >= 15 is 0 Å². The van der Waals surface area contributed by atoms with Crippen molar-refractivity contribution < 1.29 is 0 Å². The van der Waals surface area contributed by atoms with Crippen molar-refractivity contribution in [1.29, 1.82) is 0 Å². The first-order chi connectivity index (χ1) is 9.92. The van der Waals surface area contributed by atoms with Crippen molar-refractivity contribution in [2.45, 2.75) is 6.54 Å². The van der Waals surface area contributed by atoms with Gasteiger partial charge in [-0.2, -0.15) is 0 Å². The Bertz CT molecular complexity index is 862. The Morgan fingerprint density at radius 2 is 2.00 bits per heavy atom. The van der Waals surface area contributed by atoms with Gasteiger partial charge in [0.25, 0.3) is 0 Å². The van der Waals surface area contributed by atoms with Gasteiger partial charge in [-0.05, 0) is 12.1 Å². The van der Waals surface area contributed by atoms with Gasteiger partial charge < -0.3 is 10.3 Å². The van der Waals surface area contributed by atoms with E-state index in [9.17, 15) is 0 Å². The molecule has 2 N–H and O–H groups in total. The lowest BCUT2D eigenvalue weighted by molar-refractivity contribution is 0.907. The molecule has 0 bridgehead atoms. The third kappa shape index (κ3) is 1.68. The van der Waals surface area contributed by atoms with Crippen LogP contribution in [0.1, 0.15) is 5.82 Å². The summed E-state index contributed by atoms with van der Waals surface area (Å²) in [5.74, 6) is 0.799. The van der Waals surface area contributed by atoms with Crippen LogP contribution in [0.25, 0.3) is 16.8 Å². The lowest BCUT2D eigenvalue weighted by Gasteiger charge is -2.04. The lowest BCUT2D eigenvalue weighted by atomic mass is 10.3. The normalized spacial score (nSPS) is 11.2. The Morgan fingerprint density at radius 3 is 2.90 bits per heavy atom. The number of anilines is 1. The van der Waals surface area contributed by atoms with Crippen LogP contribution >= 0.6 is 0 Å². The average molecular weight is 265 g/mol. The monoisotopic (exact) mass is 265 g/mol. The first-order valence-corrected chi connectivity index (χ1v) is 6.22. The number of aromatic amines is 1. The molecule has 7 nitrogen and oxygen atoms in total. The molecule has 3 aromatic heterocycles. The maximum Gasteiger partial charge on any atom is 0.189 e. The summed E-state index contributed by atoms with van der Waals surface area (Å²) in [7, 11) is 0. The molecule has 20 heavy (non-hydrogen) atoms. The fraction of sp³-hybridized carbons (Fsp3) is 0.0769. The number of hydrogen-bond donors (Lipinski definition) is 2. The maximum atomic E-state index is 4.27. The summed E-state index contributed by atoms with van der Waals surface area (Å²) in [6.07, 6.45) is 3.30. The van der Waals surface area contributed by atoms with Crippen LogP contribution in [0.4, 0.5) is 5.69 Å². The molecule has 98 valence electrons. The van der Waals surface area contributed by atoms with Gasteiger partial charge in [-0.1, -0.05) is 18.2 Å². The number of hydrogen-bond acceptors (Lipinski definition) is 5. The van der Waals surface area contributed by atoms with Crippen LogP contribution in [0, 0.1) is 0 Å². The summed E-state index contributed by atoms with van der Waals surface area (Å²) in [4.78, 5) is 11.4. The minimum absolute atomic E-state index is 0.576.